The van der Waals surface area contributed by atoms with Crippen LogP contribution in [-0.4, -0.2) is 24.1 Å². The van der Waals surface area contributed by atoms with Crippen molar-refractivity contribution in [3.8, 4) is 0 Å². The third kappa shape index (κ3) is 4.99. The Kier molecular flexibility index (Phi) is 6.04. The van der Waals surface area contributed by atoms with Gasteiger partial charge in [0.2, 0.25) is 0 Å². The molecule has 0 radical (unpaired) electrons. The molecule has 0 saturated carbocycles. The zero-order valence-electron chi connectivity index (χ0n) is 14.2. The van der Waals surface area contributed by atoms with E-state index in [1.165, 1.54) is 29.9 Å². The Hall–Kier alpha value is -1.09. The Morgan fingerprint density at radius 2 is 2.00 bits per heavy atom. The minimum Gasteiger partial charge on any atom is -0.357 e. The van der Waals surface area contributed by atoms with E-state index in [-0.39, 0.29) is 0 Å². The fourth-order valence-electron chi connectivity index (χ4n) is 2.84. The maximum Gasteiger partial charge on any atom is 0.129 e. The summed E-state index contributed by atoms with van der Waals surface area (Å²) in [5.41, 5.74) is 2.62. The molecule has 2 heterocycles. The lowest BCUT2D eigenvalue weighted by Gasteiger charge is -2.31. The Bertz CT molecular complexity index is 434. The van der Waals surface area contributed by atoms with Crippen LogP contribution in [0.1, 0.15) is 58.2 Å². The summed E-state index contributed by atoms with van der Waals surface area (Å²) < 4.78 is 0. The van der Waals surface area contributed by atoms with E-state index in [1.54, 1.807) is 0 Å². The third-order valence-corrected chi connectivity index (χ3v) is 4.25. The average Bonchev–Trinajstić information content (AvgIpc) is 2.46. The molecule has 1 N–H and O–H groups in total. The van der Waals surface area contributed by atoms with Gasteiger partial charge in [0.15, 0.2) is 0 Å². The molecule has 1 aromatic heterocycles. The molecular weight excluding hydrogens is 258 g/mol. The average molecular weight is 289 g/mol. The van der Waals surface area contributed by atoms with Gasteiger partial charge in [-0.2, -0.15) is 0 Å². The van der Waals surface area contributed by atoms with Crippen molar-refractivity contribution in [2.24, 2.45) is 5.92 Å². The van der Waals surface area contributed by atoms with E-state index in [0.717, 1.165) is 38.4 Å². The summed E-state index contributed by atoms with van der Waals surface area (Å²) in [5, 5.41) is 3.52. The molecule has 1 saturated heterocycles. The summed E-state index contributed by atoms with van der Waals surface area (Å²) in [5.74, 6) is 2.05. The second-order valence-corrected chi connectivity index (χ2v) is 6.78. The molecule has 1 aliphatic heterocycles. The second kappa shape index (κ2) is 7.79. The van der Waals surface area contributed by atoms with Crippen LogP contribution in [0.5, 0.6) is 0 Å². The van der Waals surface area contributed by atoms with Gasteiger partial charge in [-0.1, -0.05) is 34.1 Å². The minimum absolute atomic E-state index is 0.520. The number of aromatic nitrogens is 1. The second-order valence-electron chi connectivity index (χ2n) is 6.78. The van der Waals surface area contributed by atoms with Crippen LogP contribution < -0.4 is 10.2 Å². The van der Waals surface area contributed by atoms with Crippen LogP contribution in [0.15, 0.2) is 12.1 Å². The maximum atomic E-state index is 4.90. The molecule has 118 valence electrons. The topological polar surface area (TPSA) is 28.2 Å². The first-order valence-corrected chi connectivity index (χ1v) is 8.56. The van der Waals surface area contributed by atoms with E-state index in [1.807, 2.05) is 0 Å². The van der Waals surface area contributed by atoms with Crippen molar-refractivity contribution in [2.45, 2.75) is 66.0 Å². The summed E-state index contributed by atoms with van der Waals surface area (Å²) >= 11 is 0. The number of hydrogen-bond acceptors (Lipinski definition) is 3. The van der Waals surface area contributed by atoms with Crippen LogP contribution in [-0.2, 0) is 13.0 Å². The Balaban J connectivity index is 2.14. The molecular formula is C18H31N3. The lowest BCUT2D eigenvalue weighted by molar-refractivity contribution is 0.436. The highest BCUT2D eigenvalue weighted by Gasteiger charge is 2.17. The van der Waals surface area contributed by atoms with Crippen molar-refractivity contribution in [1.82, 2.24) is 10.3 Å². The molecule has 21 heavy (non-hydrogen) atoms. The monoisotopic (exact) mass is 289 g/mol. The maximum absolute atomic E-state index is 4.90. The van der Waals surface area contributed by atoms with E-state index in [4.69, 9.17) is 4.98 Å². The fraction of sp³-hybridized carbons (Fsp3) is 0.722. The van der Waals surface area contributed by atoms with Gasteiger partial charge in [0, 0.05) is 31.4 Å². The van der Waals surface area contributed by atoms with Crippen molar-refractivity contribution >= 4 is 5.82 Å². The smallest absolute Gasteiger partial charge is 0.129 e. The number of aryl methyl sites for hydroxylation is 1. The highest BCUT2D eigenvalue weighted by molar-refractivity contribution is 5.43. The van der Waals surface area contributed by atoms with Gasteiger partial charge >= 0.3 is 0 Å². The summed E-state index contributed by atoms with van der Waals surface area (Å²) in [6.07, 6.45) is 4.82. The third-order valence-electron chi connectivity index (χ3n) is 4.25. The first kappa shape index (κ1) is 16.3. The number of hydrogen-bond donors (Lipinski definition) is 1. The summed E-state index contributed by atoms with van der Waals surface area (Å²) in [6, 6.07) is 5.08. The van der Waals surface area contributed by atoms with Gasteiger partial charge in [-0.3, -0.25) is 0 Å². The number of nitrogens with zero attached hydrogens (tertiary/aromatic N) is 2. The lowest BCUT2D eigenvalue weighted by Crippen LogP contribution is -2.33. The highest BCUT2D eigenvalue weighted by atomic mass is 15.2. The van der Waals surface area contributed by atoms with Crippen LogP contribution >= 0.6 is 0 Å². The van der Waals surface area contributed by atoms with Crippen molar-refractivity contribution < 1.29 is 0 Å². The van der Waals surface area contributed by atoms with Gasteiger partial charge < -0.3 is 10.2 Å². The van der Waals surface area contributed by atoms with Crippen molar-refractivity contribution in [2.75, 3.05) is 18.0 Å². The quantitative estimate of drug-likeness (QED) is 0.864. The molecule has 2 rings (SSSR count). The van der Waals surface area contributed by atoms with Crippen molar-refractivity contribution in [1.29, 1.82) is 0 Å². The van der Waals surface area contributed by atoms with Crippen LogP contribution in [0.4, 0.5) is 5.82 Å². The molecule has 0 bridgehead atoms. The van der Waals surface area contributed by atoms with Crippen molar-refractivity contribution in [3.05, 3.63) is 23.4 Å². The predicted molar refractivity (Wildman–Crippen MR) is 90.8 cm³/mol. The molecule has 3 nitrogen and oxygen atoms in total. The number of anilines is 1. The number of nitrogens with one attached hydrogen (secondary N) is 1. The van der Waals surface area contributed by atoms with Gasteiger partial charge in [-0.15, -0.1) is 0 Å². The lowest BCUT2D eigenvalue weighted by atomic mass is 9.99. The van der Waals surface area contributed by atoms with Gasteiger partial charge in [0.25, 0.3) is 0 Å². The van der Waals surface area contributed by atoms with Crippen LogP contribution in [0, 0.1) is 5.92 Å². The molecule has 3 heteroatoms. The molecule has 1 aliphatic rings. The molecule has 0 aromatic carbocycles. The zero-order chi connectivity index (χ0) is 15.2. The molecule has 0 unspecified atom stereocenters. The number of piperidine rings is 1. The first-order valence-electron chi connectivity index (χ1n) is 8.56. The molecule has 1 fully saturated rings. The normalized spacial score (nSPS) is 16.7. The predicted octanol–water partition coefficient (Wildman–Crippen LogP) is 3.77. The summed E-state index contributed by atoms with van der Waals surface area (Å²) in [4.78, 5) is 7.37. The first-order chi connectivity index (χ1) is 10.1. The Labute approximate surface area is 130 Å². The van der Waals surface area contributed by atoms with E-state index in [2.05, 4.69) is 50.0 Å². The minimum atomic E-state index is 0.520. The zero-order valence-corrected chi connectivity index (χ0v) is 14.2. The molecule has 0 amide bonds. The van der Waals surface area contributed by atoms with E-state index >= 15 is 0 Å². The van der Waals surface area contributed by atoms with Gasteiger partial charge in [-0.25, -0.2) is 4.98 Å². The Morgan fingerprint density at radius 1 is 1.29 bits per heavy atom. The highest BCUT2D eigenvalue weighted by Crippen LogP contribution is 2.23. The fourth-order valence-corrected chi connectivity index (χ4v) is 2.84. The van der Waals surface area contributed by atoms with Crippen LogP contribution in [0.25, 0.3) is 0 Å². The standard InChI is InChI=1S/C18H31N3/c1-5-6-17-11-16(13-19-14(2)3)12-18(20-17)21-9-7-15(4)8-10-21/h11-12,14-15,19H,5-10,13H2,1-4H3. The van der Waals surface area contributed by atoms with Gasteiger partial charge in [0.1, 0.15) is 5.82 Å². The van der Waals surface area contributed by atoms with E-state index in [0.29, 0.717) is 6.04 Å². The van der Waals surface area contributed by atoms with Gasteiger partial charge in [-0.05, 0) is 42.9 Å². The summed E-state index contributed by atoms with van der Waals surface area (Å²) in [7, 11) is 0. The SMILES string of the molecule is CCCc1cc(CNC(C)C)cc(N2CCC(C)CC2)n1. The largest absolute Gasteiger partial charge is 0.357 e. The van der Waals surface area contributed by atoms with E-state index in [9.17, 15) is 0 Å². The number of pyridine rings is 1. The van der Waals surface area contributed by atoms with Crippen LogP contribution in [0.3, 0.4) is 0 Å². The van der Waals surface area contributed by atoms with Gasteiger partial charge in [0.05, 0.1) is 0 Å². The molecule has 0 aliphatic carbocycles. The van der Waals surface area contributed by atoms with E-state index < -0.39 is 0 Å². The number of rotatable bonds is 6. The van der Waals surface area contributed by atoms with Crippen LogP contribution in [0.2, 0.25) is 0 Å². The summed E-state index contributed by atoms with van der Waals surface area (Å²) in [6.45, 7) is 12.2. The molecule has 1 aromatic rings. The van der Waals surface area contributed by atoms with Crippen molar-refractivity contribution in [3.63, 3.8) is 0 Å². The Morgan fingerprint density at radius 3 is 2.62 bits per heavy atom. The molecule has 0 atom stereocenters. The molecule has 0 spiro atoms.